The first-order chi connectivity index (χ1) is 9.41. The summed E-state index contributed by atoms with van der Waals surface area (Å²) in [6.07, 6.45) is 0. The van der Waals surface area contributed by atoms with E-state index in [4.69, 9.17) is 0 Å². The van der Waals surface area contributed by atoms with Crippen LogP contribution in [0.4, 0.5) is 17.1 Å². The molecule has 0 aromatic heterocycles. The predicted octanol–water partition coefficient (Wildman–Crippen LogP) is 5.08. The zero-order chi connectivity index (χ0) is 14.8. The molecule has 0 saturated heterocycles. The van der Waals surface area contributed by atoms with Crippen molar-refractivity contribution in [3.63, 3.8) is 0 Å². The van der Waals surface area contributed by atoms with Gasteiger partial charge in [-0.3, -0.25) is 0 Å². The van der Waals surface area contributed by atoms with Crippen LogP contribution in [0.3, 0.4) is 0 Å². The van der Waals surface area contributed by atoms with Gasteiger partial charge in [0, 0.05) is 12.7 Å². The van der Waals surface area contributed by atoms with Crippen LogP contribution >= 0.6 is 0 Å². The van der Waals surface area contributed by atoms with Gasteiger partial charge in [0.2, 0.25) is 0 Å². The zero-order valence-electron chi connectivity index (χ0n) is 13.0. The maximum Gasteiger partial charge on any atom is 0.0619 e. The lowest BCUT2D eigenvalue weighted by molar-refractivity contribution is 0.590. The van der Waals surface area contributed by atoms with Gasteiger partial charge in [-0.05, 0) is 41.7 Å². The minimum Gasteiger partial charge on any atom is -0.386 e. The minimum absolute atomic E-state index is 0.187. The summed E-state index contributed by atoms with van der Waals surface area (Å²) in [5.74, 6) is 0. The molecular weight excluding hydrogens is 244 g/mol. The molecule has 0 atom stereocenters. The molecule has 0 aliphatic carbocycles. The molecule has 2 aromatic rings. The first-order valence-electron chi connectivity index (χ1n) is 7.07. The van der Waals surface area contributed by atoms with E-state index in [0.717, 1.165) is 17.1 Å². The van der Waals surface area contributed by atoms with E-state index in [-0.39, 0.29) is 5.41 Å². The maximum absolute atomic E-state index is 3.51. The molecule has 0 aliphatic heterocycles. The van der Waals surface area contributed by atoms with Crippen LogP contribution in [0.2, 0.25) is 0 Å². The van der Waals surface area contributed by atoms with E-state index in [1.807, 2.05) is 19.2 Å². The molecule has 20 heavy (non-hydrogen) atoms. The topological polar surface area (TPSA) is 24.1 Å². The van der Waals surface area contributed by atoms with Crippen molar-refractivity contribution >= 4 is 17.1 Å². The second-order valence-corrected chi connectivity index (χ2v) is 6.20. The van der Waals surface area contributed by atoms with Crippen molar-refractivity contribution in [3.8, 4) is 0 Å². The van der Waals surface area contributed by atoms with Crippen LogP contribution < -0.4 is 10.6 Å². The highest BCUT2D eigenvalue weighted by Gasteiger charge is 2.14. The Morgan fingerprint density at radius 1 is 0.850 bits per heavy atom. The van der Waals surface area contributed by atoms with E-state index in [1.165, 1.54) is 11.1 Å². The number of aryl methyl sites for hydroxylation is 1. The van der Waals surface area contributed by atoms with Gasteiger partial charge in [0.25, 0.3) is 0 Å². The van der Waals surface area contributed by atoms with Crippen LogP contribution in [-0.4, -0.2) is 7.05 Å². The SMILES string of the molecule is CNc1ccccc1Nc1ccc(C(C)(C)C)cc1C. The molecular formula is C18H24N2. The third-order valence-corrected chi connectivity index (χ3v) is 3.56. The van der Waals surface area contributed by atoms with Crippen molar-refractivity contribution in [1.29, 1.82) is 0 Å². The minimum atomic E-state index is 0.187. The summed E-state index contributed by atoms with van der Waals surface area (Å²) >= 11 is 0. The van der Waals surface area contributed by atoms with Crippen LogP contribution in [-0.2, 0) is 5.41 Å². The highest BCUT2D eigenvalue weighted by atomic mass is 14.9. The van der Waals surface area contributed by atoms with Crippen molar-refractivity contribution in [2.45, 2.75) is 33.1 Å². The van der Waals surface area contributed by atoms with Gasteiger partial charge in [-0.15, -0.1) is 0 Å². The highest BCUT2D eigenvalue weighted by Crippen LogP contribution is 2.30. The van der Waals surface area contributed by atoms with Gasteiger partial charge < -0.3 is 10.6 Å². The van der Waals surface area contributed by atoms with Crippen LogP contribution in [0, 0.1) is 6.92 Å². The third kappa shape index (κ3) is 3.13. The zero-order valence-corrected chi connectivity index (χ0v) is 13.0. The lowest BCUT2D eigenvalue weighted by Crippen LogP contribution is -2.11. The maximum atomic E-state index is 3.51. The molecule has 0 aliphatic rings. The van der Waals surface area contributed by atoms with E-state index in [2.05, 4.69) is 68.7 Å². The predicted molar refractivity (Wildman–Crippen MR) is 89.2 cm³/mol. The molecule has 2 nitrogen and oxygen atoms in total. The molecule has 2 aromatic carbocycles. The molecule has 0 saturated carbocycles. The standard InChI is InChI=1S/C18H24N2/c1-13-12-14(18(2,3)4)10-11-15(13)20-17-9-7-6-8-16(17)19-5/h6-12,19-20H,1-5H3. The monoisotopic (exact) mass is 268 g/mol. The molecule has 2 N–H and O–H groups in total. The second kappa shape index (κ2) is 5.58. The Morgan fingerprint density at radius 3 is 2.05 bits per heavy atom. The summed E-state index contributed by atoms with van der Waals surface area (Å²) in [5, 5.41) is 6.72. The fourth-order valence-corrected chi connectivity index (χ4v) is 2.23. The second-order valence-electron chi connectivity index (χ2n) is 6.20. The molecule has 0 amide bonds. The van der Waals surface area contributed by atoms with Crippen molar-refractivity contribution in [1.82, 2.24) is 0 Å². The summed E-state index contributed by atoms with van der Waals surface area (Å²) < 4.78 is 0. The average Bonchev–Trinajstić information content (AvgIpc) is 2.40. The number of anilines is 3. The van der Waals surface area contributed by atoms with Crippen LogP contribution in [0.1, 0.15) is 31.9 Å². The van der Waals surface area contributed by atoms with Gasteiger partial charge in [-0.2, -0.15) is 0 Å². The van der Waals surface area contributed by atoms with E-state index in [9.17, 15) is 0 Å². The first-order valence-corrected chi connectivity index (χ1v) is 7.07. The molecule has 0 unspecified atom stereocenters. The Hall–Kier alpha value is -1.96. The van der Waals surface area contributed by atoms with Crippen molar-refractivity contribution < 1.29 is 0 Å². The molecule has 0 bridgehead atoms. The van der Waals surface area contributed by atoms with Gasteiger partial charge in [-0.25, -0.2) is 0 Å². The Balaban J connectivity index is 2.31. The fraction of sp³-hybridized carbons (Fsp3) is 0.333. The van der Waals surface area contributed by atoms with Gasteiger partial charge in [-0.1, -0.05) is 45.0 Å². The number of hydrogen-bond donors (Lipinski definition) is 2. The number of hydrogen-bond acceptors (Lipinski definition) is 2. The first kappa shape index (κ1) is 14.4. The van der Waals surface area contributed by atoms with E-state index < -0.39 is 0 Å². The molecule has 0 radical (unpaired) electrons. The summed E-state index contributed by atoms with van der Waals surface area (Å²) in [4.78, 5) is 0. The Bertz CT molecular complexity index is 595. The Morgan fingerprint density at radius 2 is 1.50 bits per heavy atom. The van der Waals surface area contributed by atoms with Crippen molar-refractivity contribution in [2.24, 2.45) is 0 Å². The summed E-state index contributed by atoms with van der Waals surface area (Å²) in [6, 6.07) is 14.9. The molecule has 0 spiro atoms. The van der Waals surface area contributed by atoms with Gasteiger partial charge >= 0.3 is 0 Å². The average molecular weight is 268 g/mol. The summed E-state index contributed by atoms with van der Waals surface area (Å²) in [7, 11) is 1.94. The van der Waals surface area contributed by atoms with Crippen LogP contribution in [0.15, 0.2) is 42.5 Å². The Kier molecular flexibility index (Phi) is 4.03. The number of benzene rings is 2. The number of rotatable bonds is 3. The van der Waals surface area contributed by atoms with E-state index >= 15 is 0 Å². The smallest absolute Gasteiger partial charge is 0.0619 e. The van der Waals surface area contributed by atoms with Gasteiger partial charge in [0.15, 0.2) is 0 Å². The molecule has 106 valence electrons. The molecule has 0 heterocycles. The largest absolute Gasteiger partial charge is 0.386 e. The lowest BCUT2D eigenvalue weighted by Gasteiger charge is -2.21. The quantitative estimate of drug-likeness (QED) is 0.811. The van der Waals surface area contributed by atoms with Crippen molar-refractivity contribution in [3.05, 3.63) is 53.6 Å². The Labute approximate surface area is 122 Å². The van der Waals surface area contributed by atoms with E-state index in [1.54, 1.807) is 0 Å². The van der Waals surface area contributed by atoms with Gasteiger partial charge in [0.1, 0.15) is 0 Å². The fourth-order valence-electron chi connectivity index (χ4n) is 2.23. The van der Waals surface area contributed by atoms with Gasteiger partial charge in [0.05, 0.1) is 11.4 Å². The lowest BCUT2D eigenvalue weighted by atomic mass is 9.86. The van der Waals surface area contributed by atoms with Crippen LogP contribution in [0.25, 0.3) is 0 Å². The number of para-hydroxylation sites is 2. The summed E-state index contributed by atoms with van der Waals surface area (Å²) in [6.45, 7) is 8.88. The molecule has 2 heteroatoms. The third-order valence-electron chi connectivity index (χ3n) is 3.56. The number of nitrogens with one attached hydrogen (secondary N) is 2. The summed E-state index contributed by atoms with van der Waals surface area (Å²) in [5.41, 5.74) is 6.17. The molecule has 2 rings (SSSR count). The van der Waals surface area contributed by atoms with E-state index in [0.29, 0.717) is 0 Å². The molecule has 0 fully saturated rings. The highest BCUT2D eigenvalue weighted by molar-refractivity contribution is 5.75. The normalized spacial score (nSPS) is 11.2. The van der Waals surface area contributed by atoms with Crippen LogP contribution in [0.5, 0.6) is 0 Å². The van der Waals surface area contributed by atoms with Crippen molar-refractivity contribution in [2.75, 3.05) is 17.7 Å².